The average Bonchev–Trinajstić information content (AvgIpc) is 2.82. The lowest BCUT2D eigenvalue weighted by Gasteiger charge is -2.07. The summed E-state index contributed by atoms with van der Waals surface area (Å²) in [7, 11) is -3.41. The minimum absolute atomic E-state index is 0.0918. The summed E-state index contributed by atoms with van der Waals surface area (Å²) in [6.07, 6.45) is 1.04. The van der Waals surface area contributed by atoms with Crippen LogP contribution in [0.2, 0.25) is 0 Å². The lowest BCUT2D eigenvalue weighted by Crippen LogP contribution is -2.13. The number of thiazole rings is 1. The lowest BCUT2D eigenvalue weighted by molar-refractivity contribution is 0.102. The molecule has 21 heavy (non-hydrogen) atoms. The second-order valence-corrected chi connectivity index (χ2v) is 8.40. The van der Waals surface area contributed by atoms with E-state index in [2.05, 4.69) is 10.3 Å². The Balaban J connectivity index is 2.29. The molecule has 2 aromatic rings. The van der Waals surface area contributed by atoms with Crippen LogP contribution in [0, 0.1) is 10.5 Å². The molecule has 0 unspecified atom stereocenters. The Morgan fingerprint density at radius 2 is 2.10 bits per heavy atom. The zero-order chi connectivity index (χ0) is 15.8. The predicted octanol–water partition coefficient (Wildman–Crippen LogP) is 2.42. The molecule has 9 heteroatoms. The first-order valence-electron chi connectivity index (χ1n) is 5.64. The number of carbonyl (C=O) groups is 1. The normalized spacial score (nSPS) is 11.4. The van der Waals surface area contributed by atoms with Crippen molar-refractivity contribution in [1.82, 2.24) is 4.98 Å². The van der Waals surface area contributed by atoms with E-state index in [1.54, 1.807) is 19.1 Å². The quantitative estimate of drug-likeness (QED) is 0.718. The zero-order valence-electron chi connectivity index (χ0n) is 11.0. The number of hydrogen-bond donors (Lipinski definition) is 2. The number of aromatic nitrogens is 1. The van der Waals surface area contributed by atoms with Crippen LogP contribution in [0.4, 0.5) is 5.13 Å². The van der Waals surface area contributed by atoms with Crippen LogP contribution < -0.4 is 5.32 Å². The summed E-state index contributed by atoms with van der Waals surface area (Å²) < 4.78 is 23.5. The van der Waals surface area contributed by atoms with Gasteiger partial charge in [0.05, 0.1) is 5.56 Å². The molecule has 112 valence electrons. The van der Waals surface area contributed by atoms with Crippen molar-refractivity contribution in [3.05, 3.63) is 32.2 Å². The van der Waals surface area contributed by atoms with Crippen LogP contribution in [0.3, 0.4) is 0 Å². The first-order valence-corrected chi connectivity index (χ1v) is 9.49. The molecule has 0 aliphatic carbocycles. The number of halogens is 1. The monoisotopic (exact) mass is 438 g/mol. The van der Waals surface area contributed by atoms with Gasteiger partial charge in [0.2, 0.25) is 0 Å². The molecule has 0 saturated heterocycles. The molecule has 1 aromatic heterocycles. The van der Waals surface area contributed by atoms with Gasteiger partial charge in [-0.3, -0.25) is 10.1 Å². The number of aromatic hydroxyl groups is 1. The van der Waals surface area contributed by atoms with Crippen LogP contribution in [0.25, 0.3) is 0 Å². The molecule has 0 aliphatic rings. The van der Waals surface area contributed by atoms with E-state index < -0.39 is 15.7 Å². The summed E-state index contributed by atoms with van der Waals surface area (Å²) in [5, 5.41) is 13.8. The molecule has 0 saturated carbocycles. The van der Waals surface area contributed by atoms with Crippen LogP contribution in [0.1, 0.15) is 15.9 Å². The third-order valence-corrected chi connectivity index (χ3v) is 5.09. The highest BCUT2D eigenvalue weighted by Gasteiger charge is 2.17. The predicted molar refractivity (Wildman–Crippen MR) is 88.7 cm³/mol. The number of carbonyl (C=O) groups excluding carboxylic acids is 1. The largest absolute Gasteiger partial charge is 0.507 e. The standard InChI is InChI=1S/C12H11IN2O4S2/c1-6-3-7(13)4-8(10(6)16)11(17)15-12-14-9(5-20-12)21(2,18)19/h3-5,16H,1-2H3,(H,14,15,17). The van der Waals surface area contributed by atoms with Crippen molar-refractivity contribution in [2.24, 2.45) is 0 Å². The number of hydrogen-bond acceptors (Lipinski definition) is 6. The van der Waals surface area contributed by atoms with E-state index in [-0.39, 0.29) is 21.5 Å². The second-order valence-electron chi connectivity index (χ2n) is 4.34. The molecule has 0 fully saturated rings. The lowest BCUT2D eigenvalue weighted by atomic mass is 10.1. The van der Waals surface area contributed by atoms with Crippen LogP contribution in [-0.2, 0) is 9.84 Å². The fourth-order valence-electron chi connectivity index (χ4n) is 1.56. The number of aryl methyl sites for hydroxylation is 1. The van der Waals surface area contributed by atoms with E-state index >= 15 is 0 Å². The van der Waals surface area contributed by atoms with E-state index in [4.69, 9.17) is 0 Å². The summed E-state index contributed by atoms with van der Waals surface area (Å²) in [4.78, 5) is 16.0. The summed E-state index contributed by atoms with van der Waals surface area (Å²) in [6, 6.07) is 3.29. The van der Waals surface area contributed by atoms with E-state index in [0.717, 1.165) is 21.2 Å². The van der Waals surface area contributed by atoms with Gasteiger partial charge in [-0.1, -0.05) is 0 Å². The Morgan fingerprint density at radius 1 is 1.43 bits per heavy atom. The van der Waals surface area contributed by atoms with Crippen LogP contribution >= 0.6 is 33.9 Å². The molecule has 6 nitrogen and oxygen atoms in total. The maximum absolute atomic E-state index is 12.1. The van der Waals surface area contributed by atoms with E-state index in [1.165, 1.54) is 5.38 Å². The Hall–Kier alpha value is -1.20. The van der Waals surface area contributed by atoms with Gasteiger partial charge < -0.3 is 5.11 Å². The fourth-order valence-corrected chi connectivity index (χ4v) is 4.06. The summed E-state index contributed by atoms with van der Waals surface area (Å²) in [5.41, 5.74) is 0.707. The number of benzene rings is 1. The van der Waals surface area contributed by atoms with Gasteiger partial charge in [-0.2, -0.15) is 0 Å². The molecule has 0 atom stereocenters. The minimum Gasteiger partial charge on any atom is -0.507 e. The van der Waals surface area contributed by atoms with Gasteiger partial charge in [-0.25, -0.2) is 13.4 Å². The smallest absolute Gasteiger partial charge is 0.261 e. The van der Waals surface area contributed by atoms with Gasteiger partial charge in [0, 0.05) is 15.2 Å². The van der Waals surface area contributed by atoms with Gasteiger partial charge in [-0.05, 0) is 47.2 Å². The molecule has 0 aliphatic heterocycles. The molecule has 2 rings (SSSR count). The Labute approximate surface area is 139 Å². The number of nitrogens with zero attached hydrogens (tertiary/aromatic N) is 1. The zero-order valence-corrected chi connectivity index (χ0v) is 14.8. The van der Waals surface area contributed by atoms with Crippen molar-refractivity contribution in [2.75, 3.05) is 11.6 Å². The number of phenols is 1. The fraction of sp³-hybridized carbons (Fsp3) is 0.167. The van der Waals surface area contributed by atoms with Gasteiger partial charge >= 0.3 is 0 Å². The Kier molecular flexibility index (Phi) is 4.54. The number of amides is 1. The number of phenolic OH excluding ortho intramolecular Hbond substituents is 1. The minimum atomic E-state index is -3.41. The molecular formula is C12H11IN2O4S2. The molecular weight excluding hydrogens is 427 g/mol. The molecule has 0 radical (unpaired) electrons. The highest BCUT2D eigenvalue weighted by atomic mass is 127. The SMILES string of the molecule is Cc1cc(I)cc(C(=O)Nc2nc(S(C)(=O)=O)cs2)c1O. The Bertz CT molecular complexity index is 815. The summed E-state index contributed by atoms with van der Waals surface area (Å²) >= 11 is 3.05. The number of sulfone groups is 1. The first kappa shape index (κ1) is 16.2. The van der Waals surface area contributed by atoms with Gasteiger partial charge in [-0.15, -0.1) is 11.3 Å². The van der Waals surface area contributed by atoms with E-state index in [9.17, 15) is 18.3 Å². The molecule has 1 heterocycles. The molecule has 0 bridgehead atoms. The van der Waals surface area contributed by atoms with Crippen LogP contribution in [-0.4, -0.2) is 30.7 Å². The Morgan fingerprint density at radius 3 is 2.67 bits per heavy atom. The van der Waals surface area contributed by atoms with Crippen LogP contribution in [0.5, 0.6) is 5.75 Å². The maximum atomic E-state index is 12.1. The maximum Gasteiger partial charge on any atom is 0.261 e. The number of nitrogens with one attached hydrogen (secondary N) is 1. The van der Waals surface area contributed by atoms with Crippen molar-refractivity contribution in [3.63, 3.8) is 0 Å². The molecule has 2 N–H and O–H groups in total. The van der Waals surface area contributed by atoms with Gasteiger partial charge in [0.1, 0.15) is 5.75 Å². The third kappa shape index (κ3) is 3.71. The number of rotatable bonds is 3. The molecule has 1 amide bonds. The van der Waals surface area contributed by atoms with E-state index in [1.807, 2.05) is 22.6 Å². The topological polar surface area (TPSA) is 96.4 Å². The van der Waals surface area contributed by atoms with Crippen molar-refractivity contribution < 1.29 is 18.3 Å². The van der Waals surface area contributed by atoms with Gasteiger partial charge in [0.25, 0.3) is 5.91 Å². The second kappa shape index (κ2) is 5.89. The molecule has 0 spiro atoms. The van der Waals surface area contributed by atoms with Crippen molar-refractivity contribution in [1.29, 1.82) is 0 Å². The van der Waals surface area contributed by atoms with Crippen molar-refractivity contribution in [3.8, 4) is 5.75 Å². The third-order valence-electron chi connectivity index (χ3n) is 2.59. The molecule has 1 aromatic carbocycles. The average molecular weight is 438 g/mol. The van der Waals surface area contributed by atoms with Gasteiger partial charge in [0.15, 0.2) is 20.0 Å². The van der Waals surface area contributed by atoms with Crippen LogP contribution in [0.15, 0.2) is 22.5 Å². The number of anilines is 1. The highest BCUT2D eigenvalue weighted by molar-refractivity contribution is 14.1. The highest BCUT2D eigenvalue weighted by Crippen LogP contribution is 2.26. The summed E-state index contributed by atoms with van der Waals surface area (Å²) in [5.74, 6) is -0.642. The van der Waals surface area contributed by atoms with Crippen molar-refractivity contribution in [2.45, 2.75) is 11.9 Å². The van der Waals surface area contributed by atoms with Crippen molar-refractivity contribution >= 4 is 54.8 Å². The van der Waals surface area contributed by atoms with E-state index in [0.29, 0.717) is 5.56 Å². The first-order chi connectivity index (χ1) is 9.68. The summed E-state index contributed by atoms with van der Waals surface area (Å²) in [6.45, 7) is 1.69.